The second kappa shape index (κ2) is 7.51. The van der Waals surface area contributed by atoms with E-state index < -0.39 is 5.69 Å². The van der Waals surface area contributed by atoms with Crippen molar-refractivity contribution in [3.63, 3.8) is 0 Å². The van der Waals surface area contributed by atoms with E-state index in [9.17, 15) is 9.59 Å². The number of rotatable bonds is 5. The number of hydrogen-bond acceptors (Lipinski definition) is 5. The highest BCUT2D eigenvalue weighted by Crippen LogP contribution is 2.17. The Hall–Kier alpha value is -2.68. The quantitative estimate of drug-likeness (QED) is 0.494. The third-order valence-corrected chi connectivity index (χ3v) is 4.67. The number of nitrogens with zero attached hydrogens (tertiary/aromatic N) is 5. The standard InChI is InChI=1S/C18H21BrN6O2/c1-11(2)10-25-14-15(23(3)18(27)24(4)16(14)26)21-17(25)22-20-9-12-5-7-13(19)8-6-12/h5-9,11H,10H2,1-4H3,(H,21,22)/b20-9+. The second-order valence-electron chi connectivity index (χ2n) is 6.74. The van der Waals surface area contributed by atoms with Gasteiger partial charge in [0.25, 0.3) is 5.56 Å². The highest BCUT2D eigenvalue weighted by atomic mass is 79.9. The fourth-order valence-electron chi connectivity index (χ4n) is 2.79. The molecular weight excluding hydrogens is 412 g/mol. The Bertz CT molecular complexity index is 1120. The van der Waals surface area contributed by atoms with Crippen molar-refractivity contribution in [2.45, 2.75) is 20.4 Å². The number of anilines is 1. The lowest BCUT2D eigenvalue weighted by Crippen LogP contribution is -2.37. The monoisotopic (exact) mass is 432 g/mol. The Morgan fingerprint density at radius 2 is 1.85 bits per heavy atom. The third-order valence-electron chi connectivity index (χ3n) is 4.14. The summed E-state index contributed by atoms with van der Waals surface area (Å²) < 4.78 is 5.23. The first-order valence-electron chi connectivity index (χ1n) is 8.50. The van der Waals surface area contributed by atoms with Crippen LogP contribution in [0.2, 0.25) is 0 Å². The fourth-order valence-corrected chi connectivity index (χ4v) is 3.05. The zero-order valence-electron chi connectivity index (χ0n) is 15.6. The Balaban J connectivity index is 2.07. The summed E-state index contributed by atoms with van der Waals surface area (Å²) in [6.07, 6.45) is 1.67. The van der Waals surface area contributed by atoms with Gasteiger partial charge in [-0.15, -0.1) is 0 Å². The molecule has 2 aromatic heterocycles. The van der Waals surface area contributed by atoms with Gasteiger partial charge in [0.15, 0.2) is 11.2 Å². The summed E-state index contributed by atoms with van der Waals surface area (Å²) in [6, 6.07) is 7.70. The van der Waals surface area contributed by atoms with Crippen LogP contribution in [-0.2, 0) is 20.6 Å². The smallest absolute Gasteiger partial charge is 0.303 e. The first kappa shape index (κ1) is 19.1. The van der Waals surface area contributed by atoms with E-state index >= 15 is 0 Å². The summed E-state index contributed by atoms with van der Waals surface area (Å²) in [6.45, 7) is 4.67. The zero-order chi connectivity index (χ0) is 19.7. The van der Waals surface area contributed by atoms with Crippen molar-refractivity contribution < 1.29 is 0 Å². The molecule has 0 bridgehead atoms. The van der Waals surface area contributed by atoms with Gasteiger partial charge in [-0.05, 0) is 23.6 Å². The molecule has 9 heteroatoms. The molecule has 0 saturated heterocycles. The molecule has 0 radical (unpaired) electrons. The van der Waals surface area contributed by atoms with Crippen LogP contribution >= 0.6 is 15.9 Å². The van der Waals surface area contributed by atoms with Crippen molar-refractivity contribution in [3.05, 3.63) is 55.1 Å². The van der Waals surface area contributed by atoms with Crippen LogP contribution in [-0.4, -0.2) is 24.9 Å². The van der Waals surface area contributed by atoms with E-state index in [1.54, 1.807) is 17.8 Å². The summed E-state index contributed by atoms with van der Waals surface area (Å²) in [4.78, 5) is 29.3. The highest BCUT2D eigenvalue weighted by Gasteiger charge is 2.19. The number of aryl methyl sites for hydroxylation is 1. The maximum atomic E-state index is 12.7. The van der Waals surface area contributed by atoms with E-state index in [0.29, 0.717) is 23.7 Å². The van der Waals surface area contributed by atoms with Gasteiger partial charge < -0.3 is 4.57 Å². The van der Waals surface area contributed by atoms with Crippen LogP contribution in [0, 0.1) is 5.92 Å². The molecule has 0 aliphatic heterocycles. The summed E-state index contributed by atoms with van der Waals surface area (Å²) in [5.41, 5.74) is 3.77. The lowest BCUT2D eigenvalue weighted by atomic mass is 10.2. The molecule has 2 heterocycles. The van der Waals surface area contributed by atoms with Gasteiger partial charge in [-0.3, -0.25) is 13.9 Å². The molecule has 8 nitrogen and oxygen atoms in total. The van der Waals surface area contributed by atoms with E-state index in [2.05, 4.69) is 31.4 Å². The number of nitrogens with one attached hydrogen (secondary N) is 1. The predicted molar refractivity (Wildman–Crippen MR) is 110 cm³/mol. The minimum atomic E-state index is -0.411. The largest absolute Gasteiger partial charge is 0.332 e. The number of aromatic nitrogens is 4. The molecule has 0 aliphatic carbocycles. The van der Waals surface area contributed by atoms with Crippen LogP contribution < -0.4 is 16.7 Å². The average molecular weight is 433 g/mol. The molecule has 0 spiro atoms. The van der Waals surface area contributed by atoms with Crippen molar-refractivity contribution in [3.8, 4) is 0 Å². The van der Waals surface area contributed by atoms with E-state index in [1.165, 1.54) is 11.6 Å². The topological polar surface area (TPSA) is 86.2 Å². The van der Waals surface area contributed by atoms with Crippen molar-refractivity contribution >= 4 is 39.3 Å². The van der Waals surface area contributed by atoms with Gasteiger partial charge in [0.2, 0.25) is 5.95 Å². The van der Waals surface area contributed by atoms with Crippen LogP contribution in [0.25, 0.3) is 11.2 Å². The number of hydrogen-bond donors (Lipinski definition) is 1. The summed E-state index contributed by atoms with van der Waals surface area (Å²) in [5, 5.41) is 4.24. The third kappa shape index (κ3) is 3.73. The van der Waals surface area contributed by atoms with Gasteiger partial charge in [0, 0.05) is 25.1 Å². The molecule has 0 atom stereocenters. The first-order valence-corrected chi connectivity index (χ1v) is 9.29. The Labute approximate surface area is 164 Å². The number of halogens is 1. The fraction of sp³-hybridized carbons (Fsp3) is 0.333. The number of fused-ring (bicyclic) bond motifs is 1. The molecular formula is C18H21BrN6O2. The molecule has 0 fully saturated rings. The minimum Gasteiger partial charge on any atom is -0.303 e. The first-order chi connectivity index (χ1) is 12.8. The average Bonchev–Trinajstić information content (AvgIpc) is 2.98. The molecule has 142 valence electrons. The van der Waals surface area contributed by atoms with Crippen LogP contribution in [0.15, 0.2) is 43.4 Å². The molecule has 3 aromatic rings. The van der Waals surface area contributed by atoms with Crippen molar-refractivity contribution in [1.29, 1.82) is 0 Å². The highest BCUT2D eigenvalue weighted by molar-refractivity contribution is 9.10. The molecule has 1 N–H and O–H groups in total. The van der Waals surface area contributed by atoms with Crippen molar-refractivity contribution in [2.75, 3.05) is 5.43 Å². The van der Waals surface area contributed by atoms with Gasteiger partial charge in [-0.25, -0.2) is 10.2 Å². The molecule has 3 rings (SSSR count). The van der Waals surface area contributed by atoms with E-state index in [-0.39, 0.29) is 11.5 Å². The number of imidazole rings is 1. The summed E-state index contributed by atoms with van der Waals surface area (Å²) in [7, 11) is 3.07. The van der Waals surface area contributed by atoms with Crippen LogP contribution in [0.4, 0.5) is 5.95 Å². The molecule has 1 aromatic carbocycles. The van der Waals surface area contributed by atoms with Crippen molar-refractivity contribution in [2.24, 2.45) is 25.1 Å². The number of benzene rings is 1. The summed E-state index contributed by atoms with van der Waals surface area (Å²) in [5.74, 6) is 0.700. The minimum absolute atomic E-state index is 0.278. The van der Waals surface area contributed by atoms with Crippen LogP contribution in [0.5, 0.6) is 0 Å². The van der Waals surface area contributed by atoms with Gasteiger partial charge in [-0.1, -0.05) is 41.9 Å². The van der Waals surface area contributed by atoms with Gasteiger partial charge in [0.05, 0.1) is 6.21 Å². The Morgan fingerprint density at radius 1 is 1.19 bits per heavy atom. The van der Waals surface area contributed by atoms with Gasteiger partial charge >= 0.3 is 5.69 Å². The SMILES string of the molecule is CC(C)Cn1c(N/N=C/c2ccc(Br)cc2)nc2c1c(=O)n(C)c(=O)n2C. The van der Waals surface area contributed by atoms with Gasteiger partial charge in [0.1, 0.15) is 0 Å². The van der Waals surface area contributed by atoms with Crippen LogP contribution in [0.1, 0.15) is 19.4 Å². The molecule has 0 aliphatic rings. The van der Waals surface area contributed by atoms with Crippen LogP contribution in [0.3, 0.4) is 0 Å². The zero-order valence-corrected chi connectivity index (χ0v) is 17.2. The maximum Gasteiger partial charge on any atom is 0.332 e. The number of hydrazone groups is 1. The normalized spacial score (nSPS) is 11.8. The molecule has 0 amide bonds. The second-order valence-corrected chi connectivity index (χ2v) is 7.66. The van der Waals surface area contributed by atoms with Crippen molar-refractivity contribution in [1.82, 2.24) is 18.7 Å². The molecule has 0 unspecified atom stereocenters. The molecule has 0 saturated carbocycles. The lowest BCUT2D eigenvalue weighted by molar-refractivity contribution is 0.534. The predicted octanol–water partition coefficient (Wildman–Crippen LogP) is 2.30. The Morgan fingerprint density at radius 3 is 2.48 bits per heavy atom. The lowest BCUT2D eigenvalue weighted by Gasteiger charge is -2.11. The van der Waals surface area contributed by atoms with E-state index in [4.69, 9.17) is 0 Å². The molecule has 27 heavy (non-hydrogen) atoms. The Kier molecular flexibility index (Phi) is 5.31. The van der Waals surface area contributed by atoms with E-state index in [1.807, 2.05) is 38.1 Å². The maximum absolute atomic E-state index is 12.7. The van der Waals surface area contributed by atoms with E-state index in [0.717, 1.165) is 14.6 Å². The summed E-state index contributed by atoms with van der Waals surface area (Å²) >= 11 is 3.39. The van der Waals surface area contributed by atoms with Gasteiger partial charge in [-0.2, -0.15) is 10.1 Å².